The molecule has 2 N–H and O–H groups in total. The third-order valence-electron chi connectivity index (χ3n) is 3.58. The summed E-state index contributed by atoms with van der Waals surface area (Å²) in [7, 11) is 0. The molecular formula is C14H21Cl2N3O. The monoisotopic (exact) mass is 317 g/mol. The summed E-state index contributed by atoms with van der Waals surface area (Å²) in [4.78, 5) is 6.67. The van der Waals surface area contributed by atoms with Gasteiger partial charge in [0.15, 0.2) is 0 Å². The molecule has 1 fully saturated rings. The van der Waals surface area contributed by atoms with Gasteiger partial charge < -0.3 is 15.3 Å². The van der Waals surface area contributed by atoms with Crippen LogP contribution in [0.25, 0.3) is 0 Å². The van der Waals surface area contributed by atoms with Crippen LogP contribution < -0.4 is 10.2 Å². The Labute approximate surface area is 130 Å². The van der Waals surface area contributed by atoms with Crippen LogP contribution in [-0.4, -0.2) is 35.8 Å². The molecule has 1 aliphatic carbocycles. The van der Waals surface area contributed by atoms with E-state index in [1.807, 2.05) is 0 Å². The molecule has 0 bridgehead atoms. The van der Waals surface area contributed by atoms with Crippen LogP contribution in [0.15, 0.2) is 6.07 Å². The van der Waals surface area contributed by atoms with Crippen LogP contribution in [-0.2, 0) is 0 Å². The second-order valence-corrected chi connectivity index (χ2v) is 5.87. The second kappa shape index (κ2) is 7.34. The summed E-state index contributed by atoms with van der Waals surface area (Å²) in [5, 5.41) is 13.6. The van der Waals surface area contributed by atoms with E-state index in [1.165, 1.54) is 6.42 Å². The lowest BCUT2D eigenvalue weighted by molar-refractivity contribution is 0.283. The maximum atomic E-state index is 9.27. The highest BCUT2D eigenvalue weighted by Crippen LogP contribution is 2.36. The fourth-order valence-corrected chi connectivity index (χ4v) is 2.83. The van der Waals surface area contributed by atoms with Crippen molar-refractivity contribution in [3.8, 4) is 0 Å². The molecule has 1 saturated carbocycles. The van der Waals surface area contributed by atoms with Crippen LogP contribution in [0.3, 0.4) is 0 Å². The average molecular weight is 318 g/mol. The zero-order valence-corrected chi connectivity index (χ0v) is 13.2. The van der Waals surface area contributed by atoms with E-state index < -0.39 is 0 Å². The minimum Gasteiger partial charge on any atom is -0.395 e. The molecule has 0 amide bonds. The van der Waals surface area contributed by atoms with E-state index in [9.17, 15) is 5.11 Å². The lowest BCUT2D eigenvalue weighted by Crippen LogP contribution is -2.42. The quantitative estimate of drug-likeness (QED) is 0.807. The van der Waals surface area contributed by atoms with Crippen molar-refractivity contribution >= 4 is 34.8 Å². The highest BCUT2D eigenvalue weighted by atomic mass is 35.5. The number of aromatic nitrogens is 1. The van der Waals surface area contributed by atoms with E-state index in [-0.39, 0.29) is 6.61 Å². The van der Waals surface area contributed by atoms with Gasteiger partial charge in [0.25, 0.3) is 0 Å². The molecule has 0 unspecified atom stereocenters. The second-order valence-electron chi connectivity index (χ2n) is 5.05. The number of nitrogens with one attached hydrogen (secondary N) is 1. The molecule has 1 aromatic rings. The van der Waals surface area contributed by atoms with Gasteiger partial charge in [-0.2, -0.15) is 0 Å². The molecule has 1 aliphatic rings. The van der Waals surface area contributed by atoms with Crippen molar-refractivity contribution < 1.29 is 5.11 Å². The van der Waals surface area contributed by atoms with E-state index >= 15 is 0 Å². The summed E-state index contributed by atoms with van der Waals surface area (Å²) in [5.41, 5.74) is 0. The Balaban J connectivity index is 2.27. The van der Waals surface area contributed by atoms with Gasteiger partial charge >= 0.3 is 0 Å². The molecular weight excluding hydrogens is 297 g/mol. The first-order valence-corrected chi connectivity index (χ1v) is 7.90. The normalized spacial score (nSPS) is 15.0. The molecule has 0 aliphatic heterocycles. The molecule has 0 saturated heterocycles. The van der Waals surface area contributed by atoms with E-state index in [0.717, 1.165) is 25.8 Å². The smallest absolute Gasteiger partial charge is 0.150 e. The average Bonchev–Trinajstić information content (AvgIpc) is 2.35. The van der Waals surface area contributed by atoms with E-state index in [1.54, 1.807) is 6.07 Å². The SMILES string of the molecule is CCCNc1nc(N(CCO)C2CCC2)c(Cl)cc1Cl. The van der Waals surface area contributed by atoms with Crippen LogP contribution in [0.4, 0.5) is 11.6 Å². The lowest BCUT2D eigenvalue weighted by Gasteiger charge is -2.38. The van der Waals surface area contributed by atoms with Crippen LogP contribution >= 0.6 is 23.2 Å². The predicted octanol–water partition coefficient (Wildman–Crippen LogP) is 3.56. The number of hydrogen-bond donors (Lipinski definition) is 2. The fraction of sp³-hybridized carbons (Fsp3) is 0.643. The maximum absolute atomic E-state index is 9.27. The van der Waals surface area contributed by atoms with Crippen molar-refractivity contribution in [3.05, 3.63) is 16.1 Å². The van der Waals surface area contributed by atoms with E-state index in [4.69, 9.17) is 23.2 Å². The molecule has 20 heavy (non-hydrogen) atoms. The van der Waals surface area contributed by atoms with E-state index in [0.29, 0.717) is 34.3 Å². The molecule has 0 radical (unpaired) electrons. The third-order valence-corrected chi connectivity index (χ3v) is 4.15. The number of anilines is 2. The summed E-state index contributed by atoms with van der Waals surface area (Å²) < 4.78 is 0. The molecule has 4 nitrogen and oxygen atoms in total. The first kappa shape index (κ1) is 15.7. The van der Waals surface area contributed by atoms with Gasteiger partial charge in [0.05, 0.1) is 16.7 Å². The summed E-state index contributed by atoms with van der Waals surface area (Å²) in [6.45, 7) is 3.54. The Hall–Kier alpha value is -0.710. The number of nitrogens with zero attached hydrogens (tertiary/aromatic N) is 2. The summed E-state index contributed by atoms with van der Waals surface area (Å²) in [5.74, 6) is 1.38. The van der Waals surface area contributed by atoms with Crippen LogP contribution in [0, 0.1) is 0 Å². The summed E-state index contributed by atoms with van der Waals surface area (Å²) >= 11 is 12.5. The molecule has 112 valence electrons. The van der Waals surface area contributed by atoms with Crippen LogP contribution in [0.5, 0.6) is 0 Å². The molecule has 2 rings (SSSR count). The number of pyridine rings is 1. The lowest BCUT2D eigenvalue weighted by atomic mass is 9.91. The van der Waals surface area contributed by atoms with Gasteiger partial charge in [-0.1, -0.05) is 30.1 Å². The molecule has 0 atom stereocenters. The Morgan fingerprint density at radius 3 is 2.70 bits per heavy atom. The Bertz CT molecular complexity index is 452. The molecule has 0 spiro atoms. The highest BCUT2D eigenvalue weighted by molar-refractivity contribution is 6.37. The largest absolute Gasteiger partial charge is 0.395 e. The zero-order valence-electron chi connectivity index (χ0n) is 11.7. The number of aliphatic hydroxyl groups is 1. The third kappa shape index (κ3) is 3.48. The molecule has 1 heterocycles. The Morgan fingerprint density at radius 2 is 2.15 bits per heavy atom. The number of rotatable bonds is 7. The topological polar surface area (TPSA) is 48.4 Å². The number of hydrogen-bond acceptors (Lipinski definition) is 4. The minimum absolute atomic E-state index is 0.0921. The first-order valence-electron chi connectivity index (χ1n) is 7.14. The van der Waals surface area contributed by atoms with Crippen LogP contribution in [0.2, 0.25) is 10.0 Å². The first-order chi connectivity index (χ1) is 9.67. The Morgan fingerprint density at radius 1 is 1.40 bits per heavy atom. The highest BCUT2D eigenvalue weighted by Gasteiger charge is 2.27. The minimum atomic E-state index is 0.0921. The van der Waals surface area contributed by atoms with Gasteiger partial charge in [0.1, 0.15) is 11.6 Å². The standard InChI is InChI=1S/C14H21Cl2N3O/c1-2-6-17-13-11(15)9-12(16)14(18-13)19(7-8-20)10-4-3-5-10/h9-10,20H,2-8H2,1H3,(H,17,18). The van der Waals surface area contributed by atoms with Gasteiger partial charge in [-0.25, -0.2) is 4.98 Å². The van der Waals surface area contributed by atoms with Gasteiger partial charge in [-0.3, -0.25) is 0 Å². The van der Waals surface area contributed by atoms with Crippen molar-refractivity contribution in [1.29, 1.82) is 0 Å². The van der Waals surface area contributed by atoms with E-state index in [2.05, 4.69) is 22.1 Å². The van der Waals surface area contributed by atoms with Crippen LogP contribution in [0.1, 0.15) is 32.6 Å². The predicted molar refractivity (Wildman–Crippen MR) is 85.1 cm³/mol. The fourth-order valence-electron chi connectivity index (χ4n) is 2.29. The zero-order chi connectivity index (χ0) is 14.5. The number of aliphatic hydroxyl groups excluding tert-OH is 1. The van der Waals surface area contributed by atoms with Crippen molar-refractivity contribution in [2.75, 3.05) is 29.9 Å². The van der Waals surface area contributed by atoms with Crippen molar-refractivity contribution in [2.45, 2.75) is 38.6 Å². The number of halogens is 2. The van der Waals surface area contributed by atoms with Crippen molar-refractivity contribution in [3.63, 3.8) is 0 Å². The summed E-state index contributed by atoms with van der Waals surface area (Å²) in [6, 6.07) is 2.15. The molecule has 6 heteroatoms. The summed E-state index contributed by atoms with van der Waals surface area (Å²) in [6.07, 6.45) is 4.47. The molecule has 1 aromatic heterocycles. The maximum Gasteiger partial charge on any atom is 0.150 e. The Kier molecular flexibility index (Phi) is 5.75. The van der Waals surface area contributed by atoms with Gasteiger partial charge in [-0.05, 0) is 31.7 Å². The molecule has 0 aromatic carbocycles. The van der Waals surface area contributed by atoms with Crippen molar-refractivity contribution in [2.24, 2.45) is 0 Å². The van der Waals surface area contributed by atoms with Gasteiger partial charge in [0, 0.05) is 19.1 Å². The van der Waals surface area contributed by atoms with Crippen molar-refractivity contribution in [1.82, 2.24) is 4.98 Å². The van der Waals surface area contributed by atoms with Gasteiger partial charge in [-0.15, -0.1) is 0 Å². The van der Waals surface area contributed by atoms with Gasteiger partial charge in [0.2, 0.25) is 0 Å².